The molecule has 0 aliphatic carbocycles. The Balaban J connectivity index is 3.03. The summed E-state index contributed by atoms with van der Waals surface area (Å²) in [6, 6.07) is 4.30. The summed E-state index contributed by atoms with van der Waals surface area (Å²) in [5, 5.41) is 0. The summed E-state index contributed by atoms with van der Waals surface area (Å²) in [5.41, 5.74) is 3.62. The van der Waals surface area contributed by atoms with Crippen molar-refractivity contribution in [2.24, 2.45) is 0 Å². The molecule has 0 aliphatic heterocycles. The monoisotopic (exact) mass is 216 g/mol. The van der Waals surface area contributed by atoms with Crippen LogP contribution in [0.5, 0.6) is 5.75 Å². The summed E-state index contributed by atoms with van der Waals surface area (Å²) in [6.07, 6.45) is 8.14. The van der Waals surface area contributed by atoms with E-state index >= 15 is 0 Å². The Morgan fingerprint density at radius 2 is 1.88 bits per heavy atom. The molecule has 0 atom stereocenters. The van der Waals surface area contributed by atoms with Gasteiger partial charge in [-0.2, -0.15) is 0 Å². The number of aryl methyl sites for hydroxylation is 2. The maximum atomic E-state index is 5.78. The first-order valence-corrected chi connectivity index (χ1v) is 5.67. The third kappa shape index (κ3) is 3.27. The van der Waals surface area contributed by atoms with Crippen LogP contribution in [-0.4, -0.2) is 6.61 Å². The highest BCUT2D eigenvalue weighted by Crippen LogP contribution is 2.26. The molecular weight excluding hydrogens is 196 g/mol. The highest BCUT2D eigenvalue weighted by molar-refractivity contribution is 5.61. The first-order valence-electron chi connectivity index (χ1n) is 5.67. The van der Waals surface area contributed by atoms with Gasteiger partial charge in [-0.05, 0) is 39.3 Å². The maximum Gasteiger partial charge on any atom is 0.129 e. The topological polar surface area (TPSA) is 9.23 Å². The molecule has 1 aromatic carbocycles. The van der Waals surface area contributed by atoms with E-state index in [2.05, 4.69) is 32.1 Å². The second-order valence-electron chi connectivity index (χ2n) is 3.88. The van der Waals surface area contributed by atoms with Crippen LogP contribution >= 0.6 is 0 Å². The average molecular weight is 216 g/mol. The average Bonchev–Trinajstić information content (AvgIpc) is 2.22. The van der Waals surface area contributed by atoms with Crippen LogP contribution in [0.1, 0.15) is 30.5 Å². The predicted octanol–water partition coefficient (Wildman–Crippen LogP) is 4.29. The van der Waals surface area contributed by atoms with Crippen molar-refractivity contribution in [1.82, 2.24) is 0 Å². The third-order valence-corrected chi connectivity index (χ3v) is 2.35. The Hall–Kier alpha value is -1.50. The Kier molecular flexibility index (Phi) is 4.84. The molecule has 0 unspecified atom stereocenters. The van der Waals surface area contributed by atoms with Crippen LogP contribution in [0, 0.1) is 13.8 Å². The Labute approximate surface area is 98.5 Å². The van der Waals surface area contributed by atoms with Crippen LogP contribution in [0.25, 0.3) is 6.08 Å². The standard InChI is InChI=1S/C15H20O/c1-5-7-9-16-15-13(4)10-12(3)11-14(15)8-6-2/h5-8,10-11H,9H2,1-4H3/b7-5-,8-6+. The fourth-order valence-electron chi connectivity index (χ4n) is 1.72. The minimum atomic E-state index is 0.630. The van der Waals surface area contributed by atoms with E-state index in [1.54, 1.807) is 0 Å². The van der Waals surface area contributed by atoms with Gasteiger partial charge in [-0.1, -0.05) is 35.9 Å². The highest BCUT2D eigenvalue weighted by atomic mass is 16.5. The van der Waals surface area contributed by atoms with Crippen LogP contribution in [0.3, 0.4) is 0 Å². The van der Waals surface area contributed by atoms with Crippen molar-refractivity contribution in [2.75, 3.05) is 6.61 Å². The molecule has 16 heavy (non-hydrogen) atoms. The molecule has 0 bridgehead atoms. The molecule has 0 fully saturated rings. The Bertz CT molecular complexity index is 400. The molecule has 0 heterocycles. The highest BCUT2D eigenvalue weighted by Gasteiger charge is 2.05. The minimum absolute atomic E-state index is 0.630. The minimum Gasteiger partial charge on any atom is -0.489 e. The normalized spacial score (nSPS) is 11.5. The molecular formula is C15H20O. The number of hydrogen-bond donors (Lipinski definition) is 0. The van der Waals surface area contributed by atoms with Crippen molar-refractivity contribution in [3.63, 3.8) is 0 Å². The van der Waals surface area contributed by atoms with Gasteiger partial charge >= 0.3 is 0 Å². The van der Waals surface area contributed by atoms with Gasteiger partial charge in [0, 0.05) is 5.56 Å². The van der Waals surface area contributed by atoms with Crippen molar-refractivity contribution in [3.05, 3.63) is 47.1 Å². The van der Waals surface area contributed by atoms with Crippen LogP contribution in [0.15, 0.2) is 30.4 Å². The van der Waals surface area contributed by atoms with E-state index in [4.69, 9.17) is 4.74 Å². The second-order valence-corrected chi connectivity index (χ2v) is 3.88. The Morgan fingerprint density at radius 3 is 2.50 bits per heavy atom. The number of rotatable bonds is 4. The molecule has 0 N–H and O–H groups in total. The zero-order valence-corrected chi connectivity index (χ0v) is 10.6. The van der Waals surface area contributed by atoms with Crippen LogP contribution in [-0.2, 0) is 0 Å². The fourth-order valence-corrected chi connectivity index (χ4v) is 1.72. The third-order valence-electron chi connectivity index (χ3n) is 2.35. The van der Waals surface area contributed by atoms with E-state index in [0.717, 1.165) is 11.3 Å². The van der Waals surface area contributed by atoms with Crippen molar-refractivity contribution in [3.8, 4) is 5.75 Å². The van der Waals surface area contributed by atoms with E-state index in [-0.39, 0.29) is 0 Å². The van der Waals surface area contributed by atoms with Gasteiger partial charge in [0.2, 0.25) is 0 Å². The molecule has 0 aliphatic rings. The molecule has 1 nitrogen and oxygen atoms in total. The second kappa shape index (κ2) is 6.16. The van der Waals surface area contributed by atoms with Gasteiger partial charge in [0.05, 0.1) is 0 Å². The molecule has 0 radical (unpaired) electrons. The lowest BCUT2D eigenvalue weighted by Gasteiger charge is -2.12. The van der Waals surface area contributed by atoms with E-state index < -0.39 is 0 Å². The summed E-state index contributed by atoms with van der Waals surface area (Å²) in [5.74, 6) is 0.988. The first-order chi connectivity index (χ1) is 7.69. The molecule has 0 saturated carbocycles. The lowest BCUT2D eigenvalue weighted by atomic mass is 10.1. The Morgan fingerprint density at radius 1 is 1.12 bits per heavy atom. The van der Waals surface area contributed by atoms with Gasteiger partial charge in [0.15, 0.2) is 0 Å². The van der Waals surface area contributed by atoms with E-state index in [9.17, 15) is 0 Å². The molecule has 1 rings (SSSR count). The van der Waals surface area contributed by atoms with Gasteiger partial charge in [0.1, 0.15) is 12.4 Å². The SMILES string of the molecule is C/C=C\COc1c(C)cc(C)cc1/C=C/C. The number of ether oxygens (including phenoxy) is 1. The summed E-state index contributed by atoms with van der Waals surface area (Å²) in [4.78, 5) is 0. The molecule has 1 heteroatoms. The van der Waals surface area contributed by atoms with E-state index in [1.165, 1.54) is 11.1 Å². The van der Waals surface area contributed by atoms with Crippen LogP contribution in [0.2, 0.25) is 0 Å². The number of allylic oxidation sites excluding steroid dienone is 2. The zero-order chi connectivity index (χ0) is 12.0. The van der Waals surface area contributed by atoms with Crippen molar-refractivity contribution in [2.45, 2.75) is 27.7 Å². The molecule has 86 valence electrons. The summed E-state index contributed by atoms with van der Waals surface area (Å²) in [6.45, 7) is 8.84. The summed E-state index contributed by atoms with van der Waals surface area (Å²) < 4.78 is 5.78. The zero-order valence-electron chi connectivity index (χ0n) is 10.6. The first kappa shape index (κ1) is 12.6. The van der Waals surface area contributed by atoms with Crippen molar-refractivity contribution >= 4 is 6.08 Å². The number of benzene rings is 1. The van der Waals surface area contributed by atoms with Gasteiger partial charge in [-0.3, -0.25) is 0 Å². The van der Waals surface area contributed by atoms with E-state index in [1.807, 2.05) is 32.1 Å². The van der Waals surface area contributed by atoms with Gasteiger partial charge < -0.3 is 4.74 Å². The molecule has 0 aromatic heterocycles. The summed E-state index contributed by atoms with van der Waals surface area (Å²) >= 11 is 0. The van der Waals surface area contributed by atoms with Crippen molar-refractivity contribution in [1.29, 1.82) is 0 Å². The largest absolute Gasteiger partial charge is 0.489 e. The lowest BCUT2D eigenvalue weighted by Crippen LogP contribution is -1.98. The molecule has 0 amide bonds. The molecule has 0 saturated heterocycles. The quantitative estimate of drug-likeness (QED) is 0.682. The van der Waals surface area contributed by atoms with Gasteiger partial charge in [0.25, 0.3) is 0 Å². The van der Waals surface area contributed by atoms with Crippen molar-refractivity contribution < 1.29 is 4.74 Å². The smallest absolute Gasteiger partial charge is 0.129 e. The maximum absolute atomic E-state index is 5.78. The van der Waals surface area contributed by atoms with Gasteiger partial charge in [-0.25, -0.2) is 0 Å². The molecule has 1 aromatic rings. The predicted molar refractivity (Wildman–Crippen MR) is 70.9 cm³/mol. The summed E-state index contributed by atoms with van der Waals surface area (Å²) in [7, 11) is 0. The van der Waals surface area contributed by atoms with Crippen LogP contribution < -0.4 is 4.74 Å². The lowest BCUT2D eigenvalue weighted by molar-refractivity contribution is 0.359. The van der Waals surface area contributed by atoms with Gasteiger partial charge in [-0.15, -0.1) is 0 Å². The molecule has 0 spiro atoms. The number of hydrogen-bond acceptors (Lipinski definition) is 1. The van der Waals surface area contributed by atoms with E-state index in [0.29, 0.717) is 6.61 Å². The fraction of sp³-hybridized carbons (Fsp3) is 0.333. The van der Waals surface area contributed by atoms with Crippen LogP contribution in [0.4, 0.5) is 0 Å².